The van der Waals surface area contributed by atoms with Gasteiger partial charge in [0.2, 0.25) is 0 Å². The summed E-state index contributed by atoms with van der Waals surface area (Å²) in [6, 6.07) is 7.22. The van der Waals surface area contributed by atoms with E-state index in [1.54, 1.807) is 12.1 Å². The van der Waals surface area contributed by atoms with Gasteiger partial charge in [-0.05, 0) is 80.1 Å². The van der Waals surface area contributed by atoms with Crippen LogP contribution in [0.5, 0.6) is 0 Å². The molecule has 1 aliphatic carbocycles. The first-order chi connectivity index (χ1) is 15.2. The predicted molar refractivity (Wildman–Crippen MR) is 136 cm³/mol. The molecule has 2 nitrogen and oxygen atoms in total. The minimum atomic E-state index is -0.000794. The summed E-state index contributed by atoms with van der Waals surface area (Å²) in [4.78, 5) is 26.6. The molecule has 1 aliphatic rings. The molecule has 2 heteroatoms. The van der Waals surface area contributed by atoms with E-state index in [-0.39, 0.29) is 11.6 Å². The Hall–Kier alpha value is -2.74. The number of ketones is 2. The second-order valence-corrected chi connectivity index (χ2v) is 9.31. The van der Waals surface area contributed by atoms with Crippen LogP contribution in [0.4, 0.5) is 0 Å². The number of fused-ring (bicyclic) bond motifs is 1. The fraction of sp³-hybridized carbons (Fsp3) is 0.400. The highest BCUT2D eigenvalue weighted by Gasteiger charge is 2.30. The molecule has 0 spiro atoms. The van der Waals surface area contributed by atoms with Crippen molar-refractivity contribution in [1.82, 2.24) is 0 Å². The van der Waals surface area contributed by atoms with Crippen molar-refractivity contribution in [3.05, 3.63) is 93.1 Å². The quantitative estimate of drug-likeness (QED) is 0.349. The average Bonchev–Trinajstić information content (AvgIpc) is 2.74. The fourth-order valence-corrected chi connectivity index (χ4v) is 3.84. The largest absolute Gasteiger partial charge is 0.289 e. The molecular formula is C30H38O2. The third kappa shape index (κ3) is 7.44. The molecule has 1 aromatic rings. The lowest BCUT2D eigenvalue weighted by Crippen LogP contribution is -2.22. The highest BCUT2D eigenvalue weighted by atomic mass is 16.1. The molecule has 1 aromatic carbocycles. The second kappa shape index (κ2) is 12.3. The molecule has 0 saturated heterocycles. The molecule has 32 heavy (non-hydrogen) atoms. The van der Waals surface area contributed by atoms with Gasteiger partial charge >= 0.3 is 0 Å². The van der Waals surface area contributed by atoms with Gasteiger partial charge in [0, 0.05) is 22.3 Å². The Balaban J connectivity index is 2.29. The summed E-state index contributed by atoms with van der Waals surface area (Å²) >= 11 is 0. The van der Waals surface area contributed by atoms with E-state index in [4.69, 9.17) is 0 Å². The maximum absolute atomic E-state index is 13.3. The minimum absolute atomic E-state index is 0.000794. The van der Waals surface area contributed by atoms with Crippen LogP contribution in [0.15, 0.2) is 82.0 Å². The van der Waals surface area contributed by atoms with Crippen LogP contribution < -0.4 is 0 Å². The number of carbonyl (C=O) groups is 2. The Morgan fingerprint density at radius 2 is 1.00 bits per heavy atom. The molecule has 0 aromatic heterocycles. The summed E-state index contributed by atoms with van der Waals surface area (Å²) in [6.07, 6.45) is 13.7. The molecule has 2 rings (SSSR count). The first-order valence-corrected chi connectivity index (χ1v) is 11.7. The molecule has 0 heterocycles. The zero-order chi connectivity index (χ0) is 23.7. The van der Waals surface area contributed by atoms with Crippen LogP contribution in [-0.4, -0.2) is 11.6 Å². The van der Waals surface area contributed by atoms with Crippen LogP contribution in [-0.2, 0) is 0 Å². The van der Waals surface area contributed by atoms with Gasteiger partial charge < -0.3 is 0 Å². The molecule has 170 valence electrons. The van der Waals surface area contributed by atoms with Gasteiger partial charge in [0.1, 0.15) is 0 Å². The van der Waals surface area contributed by atoms with E-state index in [0.717, 1.165) is 25.7 Å². The van der Waals surface area contributed by atoms with Gasteiger partial charge in [-0.1, -0.05) is 70.9 Å². The Morgan fingerprint density at radius 1 is 0.625 bits per heavy atom. The van der Waals surface area contributed by atoms with Crippen LogP contribution in [0.3, 0.4) is 0 Å². The first-order valence-electron chi connectivity index (χ1n) is 11.7. The zero-order valence-electron chi connectivity index (χ0n) is 20.7. The highest BCUT2D eigenvalue weighted by Crippen LogP contribution is 2.31. The van der Waals surface area contributed by atoms with E-state index in [2.05, 4.69) is 65.8 Å². The number of benzene rings is 1. The van der Waals surface area contributed by atoms with Crippen molar-refractivity contribution in [2.75, 3.05) is 0 Å². The summed E-state index contributed by atoms with van der Waals surface area (Å²) in [7, 11) is 0. The molecule has 0 saturated carbocycles. The molecule has 0 fully saturated rings. The lowest BCUT2D eigenvalue weighted by Gasteiger charge is -2.20. The third-order valence-electron chi connectivity index (χ3n) is 5.82. The molecule has 0 atom stereocenters. The molecule has 0 radical (unpaired) electrons. The van der Waals surface area contributed by atoms with E-state index in [1.807, 2.05) is 12.1 Å². The van der Waals surface area contributed by atoms with Gasteiger partial charge in [-0.2, -0.15) is 0 Å². The maximum Gasteiger partial charge on any atom is 0.190 e. The van der Waals surface area contributed by atoms with E-state index >= 15 is 0 Å². The van der Waals surface area contributed by atoms with Crippen LogP contribution in [0.1, 0.15) is 101 Å². The number of hydrogen-bond donors (Lipinski definition) is 0. The van der Waals surface area contributed by atoms with Crippen LogP contribution in [0.25, 0.3) is 0 Å². The molecule has 0 N–H and O–H groups in total. The summed E-state index contributed by atoms with van der Waals surface area (Å²) in [5.74, 6) is -0.00159. The van der Waals surface area contributed by atoms with E-state index in [0.29, 0.717) is 35.1 Å². The van der Waals surface area contributed by atoms with Crippen molar-refractivity contribution in [3.63, 3.8) is 0 Å². The van der Waals surface area contributed by atoms with Gasteiger partial charge in [-0.15, -0.1) is 0 Å². The van der Waals surface area contributed by atoms with Crippen molar-refractivity contribution in [1.29, 1.82) is 0 Å². The van der Waals surface area contributed by atoms with Crippen molar-refractivity contribution < 1.29 is 9.59 Å². The van der Waals surface area contributed by atoms with Crippen molar-refractivity contribution >= 4 is 11.6 Å². The number of rotatable bonds is 10. The lowest BCUT2D eigenvalue weighted by atomic mass is 9.81. The molecule has 0 amide bonds. The minimum Gasteiger partial charge on any atom is -0.289 e. The van der Waals surface area contributed by atoms with Crippen molar-refractivity contribution in [3.8, 4) is 0 Å². The Kier molecular flexibility index (Phi) is 9.84. The smallest absolute Gasteiger partial charge is 0.190 e. The SMILES string of the molecule is CC(C)=CCCC(C)=CCC1=C(CC=C(C)CCC=C(C)C)C(=O)c2ccccc2C1=O. The van der Waals surface area contributed by atoms with Crippen LogP contribution in [0, 0.1) is 0 Å². The summed E-state index contributed by atoms with van der Waals surface area (Å²) in [5, 5.41) is 0. The summed E-state index contributed by atoms with van der Waals surface area (Å²) in [6.45, 7) is 12.6. The number of hydrogen-bond acceptors (Lipinski definition) is 2. The molecule has 0 aliphatic heterocycles. The number of carbonyl (C=O) groups excluding carboxylic acids is 2. The van der Waals surface area contributed by atoms with Crippen LogP contribution >= 0.6 is 0 Å². The summed E-state index contributed by atoms with van der Waals surface area (Å²) < 4.78 is 0. The second-order valence-electron chi connectivity index (χ2n) is 9.31. The zero-order valence-corrected chi connectivity index (χ0v) is 20.7. The van der Waals surface area contributed by atoms with E-state index < -0.39 is 0 Å². The first kappa shape index (κ1) is 25.5. The average molecular weight is 431 g/mol. The van der Waals surface area contributed by atoms with Gasteiger partial charge in [0.15, 0.2) is 11.6 Å². The Bertz CT molecular complexity index is 920. The predicted octanol–water partition coefficient (Wildman–Crippen LogP) is 8.53. The normalized spacial score (nSPS) is 14.4. The molecular weight excluding hydrogens is 392 g/mol. The molecule has 0 unspecified atom stereocenters. The topological polar surface area (TPSA) is 34.1 Å². The highest BCUT2D eigenvalue weighted by molar-refractivity contribution is 6.27. The van der Waals surface area contributed by atoms with Crippen molar-refractivity contribution in [2.24, 2.45) is 0 Å². The van der Waals surface area contributed by atoms with Gasteiger partial charge in [0.05, 0.1) is 0 Å². The fourth-order valence-electron chi connectivity index (χ4n) is 3.84. The van der Waals surface area contributed by atoms with Gasteiger partial charge in [0.25, 0.3) is 0 Å². The number of Topliss-reactive ketones (excluding diaryl/α,β-unsaturated/α-hetero) is 2. The number of allylic oxidation sites excluding steroid dienone is 10. The lowest BCUT2D eigenvalue weighted by molar-refractivity contribution is 0.0971. The van der Waals surface area contributed by atoms with Crippen LogP contribution in [0.2, 0.25) is 0 Å². The van der Waals surface area contributed by atoms with E-state index in [1.165, 1.54) is 22.3 Å². The molecule has 0 bridgehead atoms. The Morgan fingerprint density at radius 3 is 1.34 bits per heavy atom. The standard InChI is InChI=1S/C30H38O2/c1-21(2)11-9-13-23(5)17-19-27-28(20-18-24(6)14-10-12-22(3)4)30(32)26-16-8-7-15-25(26)29(27)31/h7-8,11-12,15-18H,9-10,13-14,19-20H2,1-6H3. The summed E-state index contributed by atoms with van der Waals surface area (Å²) in [5.41, 5.74) is 7.53. The van der Waals surface area contributed by atoms with E-state index in [9.17, 15) is 9.59 Å². The third-order valence-corrected chi connectivity index (χ3v) is 5.82. The van der Waals surface area contributed by atoms with Gasteiger partial charge in [-0.25, -0.2) is 0 Å². The van der Waals surface area contributed by atoms with Gasteiger partial charge in [-0.3, -0.25) is 9.59 Å². The Labute approximate surface area is 194 Å². The maximum atomic E-state index is 13.3. The van der Waals surface area contributed by atoms with Crippen molar-refractivity contribution in [2.45, 2.75) is 80.1 Å². The monoisotopic (exact) mass is 430 g/mol.